The Morgan fingerprint density at radius 2 is 0.655 bits per heavy atom. The van der Waals surface area contributed by atoms with Crippen molar-refractivity contribution >= 4 is 0 Å². The van der Waals surface area contributed by atoms with Crippen molar-refractivity contribution in [1.29, 1.82) is 0 Å². The van der Waals surface area contributed by atoms with Gasteiger partial charge in [0.15, 0.2) is 0 Å². The normalized spacial score (nSPS) is 11.4. The van der Waals surface area contributed by atoms with E-state index in [-0.39, 0.29) is 0 Å². The van der Waals surface area contributed by atoms with Crippen LogP contribution in [-0.4, -0.2) is 19.6 Å². The van der Waals surface area contributed by atoms with Crippen LogP contribution in [0, 0.1) is 0 Å². The number of nitrogens with one attached hydrogen (secondary N) is 1. The Balaban J connectivity index is 2.97. The van der Waals surface area contributed by atoms with Crippen LogP contribution >= 0.6 is 0 Å². The SMILES string of the molecule is CCCCCCCCCCCCCCCCCCCCCCCNCCCCN. The number of rotatable bonds is 26. The third kappa shape index (κ3) is 27.9. The molecule has 0 saturated carbocycles. The topological polar surface area (TPSA) is 38.0 Å². The van der Waals surface area contributed by atoms with Crippen molar-refractivity contribution < 1.29 is 0 Å². The van der Waals surface area contributed by atoms with E-state index in [0.29, 0.717) is 0 Å². The van der Waals surface area contributed by atoms with E-state index in [2.05, 4.69) is 12.2 Å². The van der Waals surface area contributed by atoms with Crippen LogP contribution in [0.1, 0.15) is 155 Å². The monoisotopic (exact) mass is 410 g/mol. The zero-order valence-corrected chi connectivity index (χ0v) is 20.5. The molecule has 0 unspecified atom stereocenters. The van der Waals surface area contributed by atoms with Crippen molar-refractivity contribution in [1.82, 2.24) is 5.32 Å². The molecular formula is C27H58N2. The molecule has 0 aromatic carbocycles. The van der Waals surface area contributed by atoms with Crippen molar-refractivity contribution in [3.8, 4) is 0 Å². The predicted molar refractivity (Wildman–Crippen MR) is 134 cm³/mol. The van der Waals surface area contributed by atoms with E-state index in [9.17, 15) is 0 Å². The van der Waals surface area contributed by atoms with Crippen molar-refractivity contribution in [3.05, 3.63) is 0 Å². The van der Waals surface area contributed by atoms with E-state index < -0.39 is 0 Å². The molecule has 2 heteroatoms. The summed E-state index contributed by atoms with van der Waals surface area (Å²) in [7, 11) is 0. The first kappa shape index (κ1) is 28.9. The fourth-order valence-corrected chi connectivity index (χ4v) is 4.20. The van der Waals surface area contributed by atoms with Gasteiger partial charge in [0.05, 0.1) is 0 Å². The van der Waals surface area contributed by atoms with E-state index in [0.717, 1.165) is 19.5 Å². The van der Waals surface area contributed by atoms with E-state index >= 15 is 0 Å². The van der Waals surface area contributed by atoms with Gasteiger partial charge >= 0.3 is 0 Å². The van der Waals surface area contributed by atoms with Gasteiger partial charge in [0, 0.05) is 0 Å². The Morgan fingerprint density at radius 1 is 0.379 bits per heavy atom. The summed E-state index contributed by atoms with van der Waals surface area (Å²) in [4.78, 5) is 0. The first-order chi connectivity index (χ1) is 14.4. The molecule has 0 aliphatic rings. The van der Waals surface area contributed by atoms with Gasteiger partial charge in [-0.15, -0.1) is 0 Å². The smallest absolute Gasteiger partial charge is 0.00484 e. The molecule has 0 aromatic heterocycles. The van der Waals surface area contributed by atoms with Crippen molar-refractivity contribution in [3.63, 3.8) is 0 Å². The first-order valence-corrected chi connectivity index (χ1v) is 13.8. The third-order valence-electron chi connectivity index (χ3n) is 6.26. The van der Waals surface area contributed by atoms with Crippen molar-refractivity contribution in [2.75, 3.05) is 19.6 Å². The van der Waals surface area contributed by atoms with Gasteiger partial charge in [-0.3, -0.25) is 0 Å². The van der Waals surface area contributed by atoms with Gasteiger partial charge < -0.3 is 11.1 Å². The highest BCUT2D eigenvalue weighted by Crippen LogP contribution is 2.14. The van der Waals surface area contributed by atoms with Gasteiger partial charge in [0.25, 0.3) is 0 Å². The zero-order valence-electron chi connectivity index (χ0n) is 20.5. The summed E-state index contributed by atoms with van der Waals surface area (Å²) in [5.74, 6) is 0. The molecule has 0 aliphatic carbocycles. The first-order valence-electron chi connectivity index (χ1n) is 13.8. The summed E-state index contributed by atoms with van der Waals surface area (Å²) in [6.45, 7) is 5.48. The molecule has 2 nitrogen and oxygen atoms in total. The molecule has 3 N–H and O–H groups in total. The van der Waals surface area contributed by atoms with Gasteiger partial charge in [-0.05, 0) is 38.9 Å². The molecule has 0 bridgehead atoms. The maximum atomic E-state index is 5.50. The van der Waals surface area contributed by atoms with E-state index in [1.54, 1.807) is 0 Å². The number of hydrogen-bond acceptors (Lipinski definition) is 2. The van der Waals surface area contributed by atoms with Crippen LogP contribution in [0.2, 0.25) is 0 Å². The molecule has 176 valence electrons. The van der Waals surface area contributed by atoms with E-state index in [4.69, 9.17) is 5.73 Å². The lowest BCUT2D eigenvalue weighted by atomic mass is 10.0. The minimum atomic E-state index is 0.834. The average molecular weight is 411 g/mol. The summed E-state index contributed by atoms with van der Waals surface area (Å²) < 4.78 is 0. The minimum Gasteiger partial charge on any atom is -0.330 e. The average Bonchev–Trinajstić information content (AvgIpc) is 2.74. The number of nitrogens with two attached hydrogens (primary N) is 1. The van der Waals surface area contributed by atoms with Crippen molar-refractivity contribution in [2.45, 2.75) is 155 Å². The minimum absolute atomic E-state index is 0.834. The Morgan fingerprint density at radius 3 is 0.966 bits per heavy atom. The molecule has 0 aliphatic heterocycles. The van der Waals surface area contributed by atoms with Gasteiger partial charge in [-0.1, -0.05) is 135 Å². The summed E-state index contributed by atoms with van der Waals surface area (Å²) in [6, 6.07) is 0. The molecule has 0 heterocycles. The van der Waals surface area contributed by atoms with Crippen LogP contribution in [-0.2, 0) is 0 Å². The lowest BCUT2D eigenvalue weighted by Crippen LogP contribution is -2.17. The summed E-state index contributed by atoms with van der Waals surface area (Å²) in [5, 5.41) is 3.53. The molecule has 0 rings (SSSR count). The van der Waals surface area contributed by atoms with Crippen LogP contribution < -0.4 is 11.1 Å². The Kier molecular flexibility index (Phi) is 27.8. The lowest BCUT2D eigenvalue weighted by Gasteiger charge is -2.05. The molecule has 0 aromatic rings. The molecule has 29 heavy (non-hydrogen) atoms. The fraction of sp³-hybridized carbons (Fsp3) is 1.00. The summed E-state index contributed by atoms with van der Waals surface area (Å²) in [5.41, 5.74) is 5.50. The maximum Gasteiger partial charge on any atom is -0.00484 e. The largest absolute Gasteiger partial charge is 0.330 e. The van der Waals surface area contributed by atoms with Crippen LogP contribution in [0.15, 0.2) is 0 Å². The molecule has 0 saturated heterocycles. The molecule has 0 fully saturated rings. The van der Waals surface area contributed by atoms with Gasteiger partial charge in [-0.25, -0.2) is 0 Å². The highest BCUT2D eigenvalue weighted by Gasteiger charge is 1.96. The van der Waals surface area contributed by atoms with Crippen LogP contribution in [0.5, 0.6) is 0 Å². The Hall–Kier alpha value is -0.0800. The van der Waals surface area contributed by atoms with E-state index in [1.165, 1.54) is 148 Å². The van der Waals surface area contributed by atoms with Crippen LogP contribution in [0.4, 0.5) is 0 Å². The van der Waals surface area contributed by atoms with E-state index in [1.807, 2.05) is 0 Å². The second kappa shape index (κ2) is 27.9. The van der Waals surface area contributed by atoms with Gasteiger partial charge in [0.1, 0.15) is 0 Å². The van der Waals surface area contributed by atoms with Gasteiger partial charge in [-0.2, -0.15) is 0 Å². The standard InChI is InChI=1S/C27H58N2/c1-2-3-4-5-6-7-8-9-10-11-12-13-14-15-16-17-18-19-20-21-23-26-29-27-24-22-25-28/h29H,2-28H2,1H3. The molecule has 0 amide bonds. The quantitative estimate of drug-likeness (QED) is 0.140. The third-order valence-corrected chi connectivity index (χ3v) is 6.26. The molecule has 0 atom stereocenters. The maximum absolute atomic E-state index is 5.50. The Bertz CT molecular complexity index is 241. The second-order valence-electron chi connectivity index (χ2n) is 9.32. The number of hydrogen-bond donors (Lipinski definition) is 2. The Labute approximate surface area is 185 Å². The molecular weight excluding hydrogens is 352 g/mol. The summed E-state index contributed by atoms with van der Waals surface area (Å²) >= 11 is 0. The highest BCUT2D eigenvalue weighted by molar-refractivity contribution is 4.53. The molecule has 0 radical (unpaired) electrons. The van der Waals surface area contributed by atoms with Crippen LogP contribution in [0.3, 0.4) is 0 Å². The van der Waals surface area contributed by atoms with Crippen LogP contribution in [0.25, 0.3) is 0 Å². The lowest BCUT2D eigenvalue weighted by molar-refractivity contribution is 0.517. The van der Waals surface area contributed by atoms with Crippen molar-refractivity contribution in [2.24, 2.45) is 5.73 Å². The second-order valence-corrected chi connectivity index (χ2v) is 9.32. The van der Waals surface area contributed by atoms with Gasteiger partial charge in [0.2, 0.25) is 0 Å². The predicted octanol–water partition coefficient (Wildman–Crippen LogP) is 8.53. The summed E-state index contributed by atoms with van der Waals surface area (Å²) in [6.07, 6.45) is 33.0. The number of unbranched alkanes of at least 4 members (excludes halogenated alkanes) is 21. The zero-order chi connectivity index (χ0) is 21.1. The highest BCUT2D eigenvalue weighted by atomic mass is 14.8. The fourth-order valence-electron chi connectivity index (χ4n) is 4.20. The molecule has 0 spiro atoms.